The minimum atomic E-state index is -3.53. The van der Waals surface area contributed by atoms with Crippen LogP contribution in [0, 0.1) is 0 Å². The number of halogens is 1. The summed E-state index contributed by atoms with van der Waals surface area (Å²) in [5, 5.41) is 4.97. The van der Waals surface area contributed by atoms with E-state index in [1.165, 1.54) is 21.8 Å². The number of anilines is 1. The molecule has 0 saturated heterocycles. The molecule has 21 heavy (non-hydrogen) atoms. The van der Waals surface area contributed by atoms with Crippen LogP contribution in [0.25, 0.3) is 0 Å². The minimum Gasteiger partial charge on any atom is -0.370 e. The van der Waals surface area contributed by atoms with E-state index in [1.807, 2.05) is 18.4 Å². The largest absolute Gasteiger partial charge is 0.370 e. The Morgan fingerprint density at radius 1 is 1.43 bits per heavy atom. The van der Waals surface area contributed by atoms with Gasteiger partial charge in [-0.3, -0.25) is 0 Å². The number of hydrogen-bond donors (Lipinski definition) is 1. The SMILES string of the molecule is CCNc1ccc(S(=O)(=O)N(C)Cc2csc(Br)c2)cn1. The Labute approximate surface area is 137 Å². The molecule has 0 atom stereocenters. The minimum absolute atomic E-state index is 0.195. The van der Waals surface area contributed by atoms with Gasteiger partial charge < -0.3 is 5.32 Å². The van der Waals surface area contributed by atoms with Crippen molar-refractivity contribution < 1.29 is 8.42 Å². The Morgan fingerprint density at radius 2 is 2.19 bits per heavy atom. The van der Waals surface area contributed by atoms with Crippen LogP contribution in [0.2, 0.25) is 0 Å². The fraction of sp³-hybridized carbons (Fsp3) is 0.308. The molecule has 0 spiro atoms. The van der Waals surface area contributed by atoms with Gasteiger partial charge >= 0.3 is 0 Å². The number of nitrogens with one attached hydrogen (secondary N) is 1. The molecule has 2 heterocycles. The van der Waals surface area contributed by atoms with Gasteiger partial charge in [-0.25, -0.2) is 13.4 Å². The molecule has 114 valence electrons. The highest BCUT2D eigenvalue weighted by Gasteiger charge is 2.21. The van der Waals surface area contributed by atoms with Crippen LogP contribution >= 0.6 is 27.3 Å². The summed E-state index contributed by atoms with van der Waals surface area (Å²) in [4.78, 5) is 4.30. The summed E-state index contributed by atoms with van der Waals surface area (Å²) in [6.45, 7) is 3.03. The normalized spacial score (nSPS) is 11.8. The van der Waals surface area contributed by atoms with Crippen molar-refractivity contribution in [3.63, 3.8) is 0 Å². The maximum absolute atomic E-state index is 12.5. The third kappa shape index (κ3) is 4.03. The highest BCUT2D eigenvalue weighted by atomic mass is 79.9. The first kappa shape index (κ1) is 16.4. The molecule has 5 nitrogen and oxygen atoms in total. The van der Waals surface area contributed by atoms with Gasteiger partial charge in [0.2, 0.25) is 10.0 Å². The summed E-state index contributed by atoms with van der Waals surface area (Å²) in [5.74, 6) is 0.667. The van der Waals surface area contributed by atoms with E-state index in [9.17, 15) is 8.42 Å². The molecule has 2 aromatic heterocycles. The molecule has 0 unspecified atom stereocenters. The number of aromatic nitrogens is 1. The summed E-state index contributed by atoms with van der Waals surface area (Å²) in [5.41, 5.74) is 0.954. The lowest BCUT2D eigenvalue weighted by atomic mass is 10.3. The van der Waals surface area contributed by atoms with Crippen molar-refractivity contribution >= 4 is 43.1 Å². The van der Waals surface area contributed by atoms with Gasteiger partial charge in [0, 0.05) is 26.3 Å². The number of sulfonamides is 1. The van der Waals surface area contributed by atoms with Crippen LogP contribution in [-0.4, -0.2) is 31.3 Å². The Hall–Kier alpha value is -0.960. The van der Waals surface area contributed by atoms with Crippen LogP contribution in [0.3, 0.4) is 0 Å². The molecule has 1 N–H and O–H groups in total. The van der Waals surface area contributed by atoms with Gasteiger partial charge in [-0.2, -0.15) is 4.31 Å². The number of hydrogen-bond acceptors (Lipinski definition) is 5. The van der Waals surface area contributed by atoms with Crippen molar-refractivity contribution in [3.8, 4) is 0 Å². The second kappa shape index (κ2) is 6.87. The van der Waals surface area contributed by atoms with Crippen LogP contribution in [-0.2, 0) is 16.6 Å². The molecule has 0 aromatic carbocycles. The monoisotopic (exact) mass is 389 g/mol. The van der Waals surface area contributed by atoms with Crippen LogP contribution in [0.1, 0.15) is 12.5 Å². The highest BCUT2D eigenvalue weighted by Crippen LogP contribution is 2.23. The molecule has 0 radical (unpaired) electrons. The fourth-order valence-electron chi connectivity index (χ4n) is 1.77. The summed E-state index contributed by atoms with van der Waals surface area (Å²) in [6.07, 6.45) is 1.38. The third-order valence-electron chi connectivity index (χ3n) is 2.83. The summed E-state index contributed by atoms with van der Waals surface area (Å²) < 4.78 is 27.3. The molecule has 0 saturated carbocycles. The highest BCUT2D eigenvalue weighted by molar-refractivity contribution is 9.11. The van der Waals surface area contributed by atoms with Gasteiger partial charge in [0.25, 0.3) is 0 Å². The lowest BCUT2D eigenvalue weighted by Crippen LogP contribution is -2.26. The molecule has 2 rings (SSSR count). The quantitative estimate of drug-likeness (QED) is 0.823. The van der Waals surface area contributed by atoms with Crippen molar-refractivity contribution in [2.75, 3.05) is 18.9 Å². The smallest absolute Gasteiger partial charge is 0.244 e. The summed E-state index contributed by atoms with van der Waals surface area (Å²) in [6, 6.07) is 5.16. The van der Waals surface area contributed by atoms with E-state index in [1.54, 1.807) is 19.2 Å². The maximum atomic E-state index is 12.5. The number of nitrogens with zero attached hydrogens (tertiary/aromatic N) is 2. The molecular formula is C13H16BrN3O2S2. The third-order valence-corrected chi connectivity index (χ3v) is 6.17. The van der Waals surface area contributed by atoms with E-state index in [-0.39, 0.29) is 4.90 Å². The van der Waals surface area contributed by atoms with Gasteiger partial charge in [-0.15, -0.1) is 11.3 Å². The van der Waals surface area contributed by atoms with E-state index >= 15 is 0 Å². The second-order valence-corrected chi connectivity index (χ2v) is 8.76. The van der Waals surface area contributed by atoms with Gasteiger partial charge in [0.05, 0.1) is 3.79 Å². The second-order valence-electron chi connectivity index (χ2n) is 4.43. The lowest BCUT2D eigenvalue weighted by Gasteiger charge is -2.16. The van der Waals surface area contributed by atoms with E-state index < -0.39 is 10.0 Å². The first-order valence-electron chi connectivity index (χ1n) is 6.32. The van der Waals surface area contributed by atoms with Crippen molar-refractivity contribution in [2.45, 2.75) is 18.4 Å². The van der Waals surface area contributed by atoms with E-state index in [0.29, 0.717) is 12.4 Å². The average molecular weight is 390 g/mol. The topological polar surface area (TPSA) is 62.3 Å². The lowest BCUT2D eigenvalue weighted by molar-refractivity contribution is 0.467. The number of thiophene rings is 1. The van der Waals surface area contributed by atoms with Gasteiger partial charge in [0.15, 0.2) is 0 Å². The predicted octanol–water partition coefficient (Wildman–Crippen LogP) is 3.16. The van der Waals surface area contributed by atoms with E-state index in [0.717, 1.165) is 15.9 Å². The Balaban J connectivity index is 2.16. The first-order valence-corrected chi connectivity index (χ1v) is 9.44. The fourth-order valence-corrected chi connectivity index (χ4v) is 4.07. The van der Waals surface area contributed by atoms with E-state index in [4.69, 9.17) is 0 Å². The van der Waals surface area contributed by atoms with Crippen molar-refractivity contribution in [3.05, 3.63) is 39.1 Å². The molecule has 0 aliphatic rings. The van der Waals surface area contributed by atoms with Gasteiger partial charge in [-0.1, -0.05) is 0 Å². The van der Waals surface area contributed by atoms with Crippen molar-refractivity contribution in [1.82, 2.24) is 9.29 Å². The molecule has 0 aliphatic carbocycles. The maximum Gasteiger partial charge on any atom is 0.244 e. The zero-order valence-corrected chi connectivity index (χ0v) is 14.9. The van der Waals surface area contributed by atoms with Gasteiger partial charge in [-0.05, 0) is 52.0 Å². The van der Waals surface area contributed by atoms with Crippen molar-refractivity contribution in [2.24, 2.45) is 0 Å². The van der Waals surface area contributed by atoms with Gasteiger partial charge in [0.1, 0.15) is 10.7 Å². The number of rotatable bonds is 6. The summed E-state index contributed by atoms with van der Waals surface area (Å²) >= 11 is 4.91. The van der Waals surface area contributed by atoms with E-state index in [2.05, 4.69) is 26.2 Å². The zero-order valence-electron chi connectivity index (χ0n) is 11.7. The predicted molar refractivity (Wildman–Crippen MR) is 89.1 cm³/mol. The molecular weight excluding hydrogens is 374 g/mol. The van der Waals surface area contributed by atoms with Crippen molar-refractivity contribution in [1.29, 1.82) is 0 Å². The molecule has 0 aliphatic heterocycles. The summed E-state index contributed by atoms with van der Waals surface area (Å²) in [7, 11) is -1.96. The number of pyridine rings is 1. The molecule has 0 bridgehead atoms. The Kier molecular flexibility index (Phi) is 5.37. The van der Waals surface area contributed by atoms with Crippen LogP contribution < -0.4 is 5.32 Å². The average Bonchev–Trinajstić information content (AvgIpc) is 2.85. The molecule has 8 heteroatoms. The first-order chi connectivity index (χ1) is 9.93. The molecule has 0 amide bonds. The van der Waals surface area contributed by atoms with Crippen LogP contribution in [0.5, 0.6) is 0 Å². The van der Waals surface area contributed by atoms with Crippen LogP contribution in [0.15, 0.2) is 38.5 Å². The standard InChI is InChI=1S/C13H16BrN3O2S2/c1-3-15-13-5-4-11(7-16-13)21(18,19)17(2)8-10-6-12(14)20-9-10/h4-7,9H,3,8H2,1-2H3,(H,15,16). The molecule has 0 fully saturated rings. The Bertz CT molecular complexity index is 698. The zero-order chi connectivity index (χ0) is 15.5. The van der Waals surface area contributed by atoms with Crippen LogP contribution in [0.4, 0.5) is 5.82 Å². The molecule has 2 aromatic rings. The Morgan fingerprint density at radius 3 is 2.71 bits per heavy atom.